The van der Waals surface area contributed by atoms with Crippen molar-refractivity contribution in [3.8, 4) is 0 Å². The Bertz CT molecular complexity index is 1070. The standard InChI is InChI=1S/C29H42N2O7/c1-17(32)29(36)12-9-23-21-6-5-18-13-19(7-10-27(18,2)22(21)8-11-28(23,29)3)30-38-16-25(34)31-15-20(33)14-24(31)26(35)37-4/h13,20-24,33,36H,5-12,14-16H2,1-4H3/b30-19-/t20-,21-,22-,23+,24-,27-,28-,29-/m0/s1. The van der Waals surface area contributed by atoms with E-state index in [4.69, 9.17) is 9.57 Å². The zero-order valence-corrected chi connectivity index (χ0v) is 23.1. The van der Waals surface area contributed by atoms with Crippen molar-refractivity contribution in [2.24, 2.45) is 33.7 Å². The maximum absolute atomic E-state index is 12.7. The first kappa shape index (κ1) is 27.3. The first-order valence-electron chi connectivity index (χ1n) is 14.1. The van der Waals surface area contributed by atoms with Gasteiger partial charge in [-0.1, -0.05) is 24.6 Å². The largest absolute Gasteiger partial charge is 0.467 e. The lowest BCUT2D eigenvalue weighted by Crippen LogP contribution is -2.57. The van der Waals surface area contributed by atoms with E-state index in [0.717, 1.165) is 50.7 Å². The highest BCUT2D eigenvalue weighted by molar-refractivity contribution is 5.96. The third kappa shape index (κ3) is 4.12. The summed E-state index contributed by atoms with van der Waals surface area (Å²) in [6.07, 6.45) is 8.67. The fraction of sp³-hybridized carbons (Fsp3) is 0.793. The van der Waals surface area contributed by atoms with E-state index < -0.39 is 29.6 Å². The van der Waals surface area contributed by atoms with Crippen LogP contribution in [0.2, 0.25) is 0 Å². The molecule has 5 rings (SSSR count). The van der Waals surface area contributed by atoms with E-state index in [9.17, 15) is 24.6 Å². The maximum Gasteiger partial charge on any atom is 0.328 e. The van der Waals surface area contributed by atoms with Gasteiger partial charge in [-0.25, -0.2) is 4.79 Å². The molecule has 0 bridgehead atoms. The number of carbonyl (C=O) groups is 3. The van der Waals surface area contributed by atoms with Gasteiger partial charge in [0.25, 0.3) is 5.91 Å². The maximum atomic E-state index is 12.7. The van der Waals surface area contributed by atoms with Crippen molar-refractivity contribution in [2.75, 3.05) is 20.3 Å². The molecule has 1 aliphatic heterocycles. The molecule has 2 N–H and O–H groups in total. The zero-order chi connectivity index (χ0) is 27.5. The number of methoxy groups -OCH3 is 1. The van der Waals surface area contributed by atoms with Crippen LogP contribution >= 0.6 is 0 Å². The Morgan fingerprint density at radius 2 is 1.84 bits per heavy atom. The molecule has 0 aromatic carbocycles. The number of carbonyl (C=O) groups excluding carboxylic acids is 3. The van der Waals surface area contributed by atoms with Crippen LogP contribution in [0.3, 0.4) is 0 Å². The number of Topliss-reactive ketones (excluding diaryl/α,β-unsaturated/α-hetero) is 1. The van der Waals surface area contributed by atoms with Crippen molar-refractivity contribution < 1.29 is 34.2 Å². The summed E-state index contributed by atoms with van der Waals surface area (Å²) < 4.78 is 4.76. The average molecular weight is 531 g/mol. The van der Waals surface area contributed by atoms with Crippen LogP contribution < -0.4 is 0 Å². The van der Waals surface area contributed by atoms with E-state index in [1.165, 1.54) is 17.6 Å². The van der Waals surface area contributed by atoms with Crippen LogP contribution in [-0.2, 0) is 24.0 Å². The number of β-amino-alcohol motifs (C(OH)–C–C–N with tert-alkyl or cyclic N) is 1. The van der Waals surface area contributed by atoms with Crippen molar-refractivity contribution in [1.29, 1.82) is 0 Å². The van der Waals surface area contributed by atoms with Gasteiger partial charge in [-0.15, -0.1) is 0 Å². The summed E-state index contributed by atoms with van der Waals surface area (Å²) >= 11 is 0. The van der Waals surface area contributed by atoms with Crippen molar-refractivity contribution in [1.82, 2.24) is 4.90 Å². The number of rotatable bonds is 5. The number of likely N-dealkylation sites (tertiary alicyclic amines) is 1. The van der Waals surface area contributed by atoms with Crippen LogP contribution in [0.1, 0.15) is 78.6 Å². The van der Waals surface area contributed by atoms with Crippen LogP contribution in [0.15, 0.2) is 16.8 Å². The fourth-order valence-electron chi connectivity index (χ4n) is 8.94. The van der Waals surface area contributed by atoms with Gasteiger partial charge in [0, 0.05) is 18.4 Å². The number of ether oxygens (including phenoxy) is 1. The van der Waals surface area contributed by atoms with Crippen LogP contribution in [0.4, 0.5) is 0 Å². The molecule has 4 aliphatic carbocycles. The summed E-state index contributed by atoms with van der Waals surface area (Å²) in [5, 5.41) is 25.5. The van der Waals surface area contributed by atoms with Gasteiger partial charge in [0.1, 0.15) is 11.6 Å². The molecule has 4 fully saturated rings. The average Bonchev–Trinajstić information content (AvgIpc) is 3.41. The molecule has 3 saturated carbocycles. The minimum Gasteiger partial charge on any atom is -0.467 e. The lowest BCUT2D eigenvalue weighted by molar-refractivity contribution is -0.159. The number of esters is 1. The summed E-state index contributed by atoms with van der Waals surface area (Å²) in [6, 6.07) is -0.796. The van der Waals surface area contributed by atoms with Crippen LogP contribution in [-0.4, -0.2) is 76.5 Å². The highest BCUT2D eigenvalue weighted by Crippen LogP contribution is 2.67. The van der Waals surface area contributed by atoms with Crippen molar-refractivity contribution in [3.05, 3.63) is 11.6 Å². The zero-order valence-electron chi connectivity index (χ0n) is 23.1. The summed E-state index contributed by atoms with van der Waals surface area (Å²) in [5.74, 6) is 0.381. The summed E-state index contributed by atoms with van der Waals surface area (Å²) in [4.78, 5) is 43.8. The second-order valence-corrected chi connectivity index (χ2v) is 12.7. The molecule has 0 aromatic heterocycles. The molecule has 1 amide bonds. The molecule has 1 heterocycles. The van der Waals surface area contributed by atoms with Gasteiger partial charge < -0.3 is 24.7 Å². The van der Waals surface area contributed by atoms with E-state index in [1.807, 2.05) is 0 Å². The van der Waals surface area contributed by atoms with Gasteiger partial charge in [0.05, 0.1) is 18.9 Å². The molecule has 0 radical (unpaired) electrons. The lowest BCUT2D eigenvalue weighted by Gasteiger charge is -2.59. The van der Waals surface area contributed by atoms with Gasteiger partial charge in [0.15, 0.2) is 12.4 Å². The highest BCUT2D eigenvalue weighted by Gasteiger charge is 2.65. The molecule has 210 valence electrons. The molecule has 0 unspecified atom stereocenters. The van der Waals surface area contributed by atoms with E-state index >= 15 is 0 Å². The number of oxime groups is 1. The molecular formula is C29H42N2O7. The minimum atomic E-state index is -1.19. The van der Waals surface area contributed by atoms with E-state index in [2.05, 4.69) is 25.1 Å². The summed E-state index contributed by atoms with van der Waals surface area (Å²) in [7, 11) is 1.27. The number of allylic oxidation sites excluding steroid dienone is 2. The lowest BCUT2D eigenvalue weighted by atomic mass is 9.46. The number of aliphatic hydroxyl groups is 2. The van der Waals surface area contributed by atoms with Crippen LogP contribution in [0.5, 0.6) is 0 Å². The minimum absolute atomic E-state index is 0.0649. The van der Waals surface area contributed by atoms with Crippen LogP contribution in [0.25, 0.3) is 0 Å². The molecule has 5 aliphatic rings. The van der Waals surface area contributed by atoms with E-state index in [1.54, 1.807) is 6.92 Å². The van der Waals surface area contributed by atoms with Crippen molar-refractivity contribution in [3.63, 3.8) is 0 Å². The van der Waals surface area contributed by atoms with Gasteiger partial charge in [-0.2, -0.15) is 0 Å². The Labute approximate surface area is 224 Å². The molecule has 0 aromatic rings. The molecule has 9 heteroatoms. The SMILES string of the molecule is COC(=O)[C@@H]1C[C@H](O)CN1C(=O)CO/N=C1\C=C2CC[C@@H]3[C@H]4CC[C@](O)(C(C)=O)[C@@]4(C)CC[C@@H]3[C@@]2(C)CC1. The monoisotopic (exact) mass is 530 g/mol. The third-order valence-corrected chi connectivity index (χ3v) is 11.2. The molecule has 38 heavy (non-hydrogen) atoms. The predicted molar refractivity (Wildman–Crippen MR) is 139 cm³/mol. The summed E-state index contributed by atoms with van der Waals surface area (Å²) in [6.45, 7) is 5.85. The van der Waals surface area contributed by atoms with Crippen molar-refractivity contribution in [2.45, 2.75) is 96.3 Å². The number of aliphatic hydroxyl groups excluding tert-OH is 1. The number of nitrogens with zero attached hydrogens (tertiary/aromatic N) is 2. The highest BCUT2D eigenvalue weighted by atomic mass is 16.6. The van der Waals surface area contributed by atoms with E-state index in [-0.39, 0.29) is 36.2 Å². The van der Waals surface area contributed by atoms with Crippen molar-refractivity contribution >= 4 is 23.4 Å². The quantitative estimate of drug-likeness (QED) is 0.414. The Morgan fingerprint density at radius 3 is 2.55 bits per heavy atom. The smallest absolute Gasteiger partial charge is 0.328 e. The summed E-state index contributed by atoms with van der Waals surface area (Å²) in [5.41, 5.74) is 0.746. The Hall–Kier alpha value is -2.26. The topological polar surface area (TPSA) is 126 Å². The first-order chi connectivity index (χ1) is 17.9. The number of ketones is 1. The molecule has 9 nitrogen and oxygen atoms in total. The molecule has 0 spiro atoms. The van der Waals surface area contributed by atoms with Gasteiger partial charge in [0.2, 0.25) is 0 Å². The normalized spacial score (nSPS) is 43.1. The molecule has 8 atom stereocenters. The van der Waals surface area contributed by atoms with Gasteiger partial charge in [-0.05, 0) is 87.5 Å². The Kier molecular flexibility index (Phi) is 7.00. The van der Waals surface area contributed by atoms with Gasteiger partial charge in [-0.3, -0.25) is 9.59 Å². The predicted octanol–water partition coefficient (Wildman–Crippen LogP) is 2.78. The van der Waals surface area contributed by atoms with Gasteiger partial charge >= 0.3 is 5.97 Å². The van der Waals surface area contributed by atoms with E-state index in [0.29, 0.717) is 24.2 Å². The second kappa shape index (κ2) is 9.73. The third-order valence-electron chi connectivity index (χ3n) is 11.2. The second-order valence-electron chi connectivity index (χ2n) is 12.7. The number of hydrogen-bond donors (Lipinski definition) is 2. The molecular weight excluding hydrogens is 488 g/mol. The first-order valence-corrected chi connectivity index (χ1v) is 14.1. The van der Waals surface area contributed by atoms with Crippen LogP contribution in [0, 0.1) is 28.6 Å². The Balaban J connectivity index is 1.25. The number of amides is 1. The number of hydrogen-bond acceptors (Lipinski definition) is 8. The number of fused-ring (bicyclic) bond motifs is 5. The Morgan fingerprint density at radius 1 is 1.11 bits per heavy atom. The fourth-order valence-corrected chi connectivity index (χ4v) is 8.94. The molecule has 1 saturated heterocycles.